The van der Waals surface area contributed by atoms with Crippen molar-refractivity contribution in [3.05, 3.63) is 59.7 Å². The van der Waals surface area contributed by atoms with Crippen molar-refractivity contribution in [2.45, 2.75) is 45.6 Å². The molecule has 0 saturated heterocycles. The Morgan fingerprint density at radius 3 is 2.21 bits per heavy atom. The number of benzene rings is 2. The summed E-state index contributed by atoms with van der Waals surface area (Å²) >= 11 is 0. The number of ether oxygens (including phenoxy) is 1. The van der Waals surface area contributed by atoms with Gasteiger partial charge in [-0.1, -0.05) is 55.5 Å². The summed E-state index contributed by atoms with van der Waals surface area (Å²) in [6.45, 7) is 5.27. The number of hydrogen-bond donors (Lipinski definition) is 3. The fourth-order valence-electron chi connectivity index (χ4n) is 4.02. The van der Waals surface area contributed by atoms with E-state index in [2.05, 4.69) is 34.6 Å². The van der Waals surface area contributed by atoms with Gasteiger partial charge in [0.05, 0.1) is 5.41 Å². The van der Waals surface area contributed by atoms with Gasteiger partial charge in [0, 0.05) is 18.9 Å². The zero-order valence-electron chi connectivity index (χ0n) is 19.7. The molecule has 1 aliphatic rings. The highest BCUT2D eigenvalue weighted by Gasteiger charge is 2.35. The topological polar surface area (TPSA) is 105 Å². The second kappa shape index (κ2) is 10.9. The van der Waals surface area contributed by atoms with Gasteiger partial charge in [0.15, 0.2) is 0 Å². The minimum absolute atomic E-state index is 0.0111. The molecule has 0 bridgehead atoms. The van der Waals surface area contributed by atoms with Crippen LogP contribution in [-0.2, 0) is 14.3 Å². The molecule has 7 nitrogen and oxygen atoms in total. The lowest BCUT2D eigenvalue weighted by atomic mass is 9.86. The van der Waals surface area contributed by atoms with Gasteiger partial charge in [0.25, 0.3) is 0 Å². The molecule has 0 fully saturated rings. The van der Waals surface area contributed by atoms with E-state index in [-0.39, 0.29) is 25.5 Å². The van der Waals surface area contributed by atoms with Crippen molar-refractivity contribution in [2.24, 2.45) is 5.41 Å². The molecule has 0 radical (unpaired) electrons. The first-order chi connectivity index (χ1) is 16.3. The fraction of sp³-hybridized carbons (Fsp3) is 0.370. The average molecular weight is 463 g/mol. The Morgan fingerprint density at radius 2 is 1.68 bits per heavy atom. The molecule has 3 N–H and O–H groups in total. The van der Waals surface area contributed by atoms with Gasteiger partial charge in [0.1, 0.15) is 12.6 Å². The van der Waals surface area contributed by atoms with Crippen LogP contribution in [0.2, 0.25) is 0 Å². The van der Waals surface area contributed by atoms with E-state index in [4.69, 9.17) is 4.74 Å². The maximum absolute atomic E-state index is 12.8. The van der Waals surface area contributed by atoms with E-state index < -0.39 is 29.4 Å². The van der Waals surface area contributed by atoms with Crippen LogP contribution in [0.25, 0.3) is 11.1 Å². The summed E-state index contributed by atoms with van der Waals surface area (Å²) in [6, 6.07) is 15.0. The molecule has 2 unspecified atom stereocenters. The number of hydrogen-bond acceptors (Lipinski definition) is 4. The predicted octanol–water partition coefficient (Wildman–Crippen LogP) is 3.92. The predicted molar refractivity (Wildman–Crippen MR) is 129 cm³/mol. The van der Waals surface area contributed by atoms with Crippen molar-refractivity contribution in [2.75, 3.05) is 13.2 Å². The van der Waals surface area contributed by atoms with Crippen molar-refractivity contribution in [3.8, 4) is 23.0 Å². The fourth-order valence-corrected chi connectivity index (χ4v) is 4.02. The molecule has 0 heterocycles. The maximum atomic E-state index is 12.8. The zero-order valence-corrected chi connectivity index (χ0v) is 19.7. The number of fused-ring (bicyclic) bond motifs is 3. The molecule has 178 valence electrons. The van der Waals surface area contributed by atoms with Gasteiger partial charge in [-0.2, -0.15) is 0 Å². The number of carboxylic acid groups (broad SMARTS) is 1. The number of carbonyl (C=O) groups excluding carboxylic acids is 2. The molecule has 2 atom stereocenters. The number of alkyl carbamates (subject to hydrolysis) is 1. The van der Waals surface area contributed by atoms with Gasteiger partial charge in [-0.3, -0.25) is 4.79 Å². The maximum Gasteiger partial charge on any atom is 0.407 e. The summed E-state index contributed by atoms with van der Waals surface area (Å²) in [4.78, 5) is 36.8. The Bertz CT molecular complexity index is 1090. The molecule has 7 heteroatoms. The van der Waals surface area contributed by atoms with Crippen LogP contribution in [0.5, 0.6) is 0 Å². The number of amides is 2. The Hall–Kier alpha value is -3.79. The lowest BCUT2D eigenvalue weighted by Crippen LogP contribution is -2.51. The molecule has 34 heavy (non-hydrogen) atoms. The highest BCUT2D eigenvalue weighted by molar-refractivity contribution is 5.88. The van der Waals surface area contributed by atoms with Gasteiger partial charge < -0.3 is 20.5 Å². The van der Waals surface area contributed by atoms with E-state index in [1.807, 2.05) is 36.4 Å². The second-order valence-electron chi connectivity index (χ2n) is 8.59. The first kappa shape index (κ1) is 24.8. The Labute approximate surface area is 199 Å². The van der Waals surface area contributed by atoms with Gasteiger partial charge >= 0.3 is 12.1 Å². The number of rotatable bonds is 9. The summed E-state index contributed by atoms with van der Waals surface area (Å²) in [5.41, 5.74) is 3.51. The normalized spacial score (nSPS) is 14.4. The second-order valence-corrected chi connectivity index (χ2v) is 8.59. The minimum atomic E-state index is -1.15. The van der Waals surface area contributed by atoms with Crippen LogP contribution in [0.3, 0.4) is 0 Å². The van der Waals surface area contributed by atoms with Gasteiger partial charge in [-0.25, -0.2) is 9.59 Å². The number of carbonyl (C=O) groups is 3. The van der Waals surface area contributed by atoms with Gasteiger partial charge in [0.2, 0.25) is 5.91 Å². The lowest BCUT2D eigenvalue weighted by Gasteiger charge is -2.28. The largest absolute Gasteiger partial charge is 0.480 e. The van der Waals surface area contributed by atoms with Crippen LogP contribution in [0.1, 0.15) is 50.7 Å². The highest BCUT2D eigenvalue weighted by atomic mass is 16.5. The van der Waals surface area contributed by atoms with E-state index in [1.165, 1.54) is 0 Å². The van der Waals surface area contributed by atoms with E-state index in [9.17, 15) is 19.5 Å². The molecule has 2 amide bonds. The molecular formula is C27H30N2O5. The monoisotopic (exact) mass is 462 g/mol. The SMILES string of the molecule is CC#CCC(NC(=O)C(C)(CC)CNC(=O)OCC1c2ccccc2-c2ccccc21)C(=O)O. The molecule has 0 spiro atoms. The van der Waals surface area contributed by atoms with E-state index >= 15 is 0 Å². The van der Waals surface area contributed by atoms with Crippen LogP contribution >= 0.6 is 0 Å². The van der Waals surface area contributed by atoms with Crippen molar-refractivity contribution >= 4 is 18.0 Å². The van der Waals surface area contributed by atoms with Crippen LogP contribution in [-0.4, -0.2) is 42.3 Å². The van der Waals surface area contributed by atoms with E-state index in [0.717, 1.165) is 22.3 Å². The Balaban J connectivity index is 1.60. The third-order valence-corrected chi connectivity index (χ3v) is 6.38. The number of aliphatic carboxylic acids is 1. The van der Waals surface area contributed by atoms with E-state index in [0.29, 0.717) is 6.42 Å². The standard InChI is InChI=1S/C27H30N2O5/c1-4-6-15-23(24(30)31)29-25(32)27(3,5-2)17-28-26(33)34-16-22-20-13-9-7-11-18(20)19-12-8-10-14-21(19)22/h7-14,22-23H,5,15-17H2,1-3H3,(H,28,33)(H,29,32)(H,30,31). The van der Waals surface area contributed by atoms with Crippen molar-refractivity contribution < 1.29 is 24.2 Å². The van der Waals surface area contributed by atoms with Crippen LogP contribution in [0.15, 0.2) is 48.5 Å². The molecule has 0 aromatic heterocycles. The number of nitrogens with one attached hydrogen (secondary N) is 2. The summed E-state index contributed by atoms with van der Waals surface area (Å²) in [5, 5.41) is 14.6. The Morgan fingerprint density at radius 1 is 1.09 bits per heavy atom. The molecular weight excluding hydrogens is 432 g/mol. The Kier molecular flexibility index (Phi) is 7.95. The first-order valence-electron chi connectivity index (χ1n) is 11.3. The molecule has 2 aromatic carbocycles. The third-order valence-electron chi connectivity index (χ3n) is 6.38. The van der Waals surface area contributed by atoms with Crippen LogP contribution < -0.4 is 10.6 Å². The van der Waals surface area contributed by atoms with Crippen LogP contribution in [0.4, 0.5) is 4.79 Å². The lowest BCUT2D eigenvalue weighted by molar-refractivity contribution is -0.143. The van der Waals surface area contributed by atoms with Crippen molar-refractivity contribution in [3.63, 3.8) is 0 Å². The number of carboxylic acids is 1. The smallest absolute Gasteiger partial charge is 0.407 e. The van der Waals surface area contributed by atoms with E-state index in [1.54, 1.807) is 20.8 Å². The molecule has 3 rings (SSSR count). The molecule has 0 aliphatic heterocycles. The summed E-state index contributed by atoms with van der Waals surface area (Å²) in [6.07, 6.45) is -0.216. The molecule has 1 aliphatic carbocycles. The quantitative estimate of drug-likeness (QED) is 0.490. The van der Waals surface area contributed by atoms with Crippen molar-refractivity contribution in [1.29, 1.82) is 0 Å². The molecule has 2 aromatic rings. The summed E-state index contributed by atoms with van der Waals surface area (Å²) < 4.78 is 5.54. The molecule has 0 saturated carbocycles. The minimum Gasteiger partial charge on any atom is -0.480 e. The summed E-state index contributed by atoms with van der Waals surface area (Å²) in [7, 11) is 0. The van der Waals surface area contributed by atoms with Gasteiger partial charge in [-0.05, 0) is 42.5 Å². The first-order valence-corrected chi connectivity index (χ1v) is 11.3. The average Bonchev–Trinajstić information content (AvgIpc) is 3.17. The summed E-state index contributed by atoms with van der Waals surface area (Å²) in [5.74, 6) is 3.63. The van der Waals surface area contributed by atoms with Crippen molar-refractivity contribution in [1.82, 2.24) is 10.6 Å². The van der Waals surface area contributed by atoms with Crippen LogP contribution in [0, 0.1) is 17.3 Å². The third kappa shape index (κ3) is 5.40. The highest BCUT2D eigenvalue weighted by Crippen LogP contribution is 2.44. The zero-order chi connectivity index (χ0) is 24.7. The van der Waals surface area contributed by atoms with Gasteiger partial charge in [-0.15, -0.1) is 11.8 Å².